The zero-order valence-electron chi connectivity index (χ0n) is 12.4. The van der Waals surface area contributed by atoms with E-state index in [-0.39, 0.29) is 5.69 Å². The third-order valence-electron chi connectivity index (χ3n) is 3.21. The molecule has 0 fully saturated rings. The Balaban J connectivity index is 2.81. The van der Waals surface area contributed by atoms with Crippen LogP contribution in [0.4, 0.5) is 0 Å². The molecule has 0 aliphatic carbocycles. The van der Waals surface area contributed by atoms with Gasteiger partial charge in [0.15, 0.2) is 5.16 Å². The molecular weight excluding hydrogens is 260 g/mol. The first kappa shape index (κ1) is 16.3. The van der Waals surface area contributed by atoms with Gasteiger partial charge in [0.2, 0.25) is 0 Å². The fraction of sp³-hybridized carbons (Fsp3) is 0.846. The zero-order valence-corrected chi connectivity index (χ0v) is 13.2. The second kappa shape index (κ2) is 8.43. The average molecular weight is 286 g/mol. The van der Waals surface area contributed by atoms with E-state index < -0.39 is 0 Å². The Hall–Kier alpha value is -0.750. The van der Waals surface area contributed by atoms with Gasteiger partial charge in [-0.3, -0.25) is 4.57 Å². The summed E-state index contributed by atoms with van der Waals surface area (Å²) in [5.41, 5.74) is -0.115. The highest BCUT2D eigenvalue weighted by molar-refractivity contribution is 7.99. The van der Waals surface area contributed by atoms with Crippen molar-refractivity contribution in [1.29, 1.82) is 0 Å². The van der Waals surface area contributed by atoms with Crippen LogP contribution in [-0.4, -0.2) is 32.6 Å². The van der Waals surface area contributed by atoms with Gasteiger partial charge in [0.1, 0.15) is 0 Å². The van der Waals surface area contributed by atoms with Crippen LogP contribution < -0.4 is 11.0 Å². The molecule has 2 atom stereocenters. The summed E-state index contributed by atoms with van der Waals surface area (Å²) in [5, 5.41) is 11.5. The Labute approximate surface area is 119 Å². The van der Waals surface area contributed by atoms with Crippen molar-refractivity contribution in [3.8, 4) is 0 Å². The Bertz CT molecular complexity index is 409. The summed E-state index contributed by atoms with van der Waals surface area (Å²) in [6.45, 7) is 10.1. The number of hydrogen-bond acceptors (Lipinski definition) is 4. The van der Waals surface area contributed by atoms with Crippen molar-refractivity contribution in [2.24, 2.45) is 0 Å². The van der Waals surface area contributed by atoms with Gasteiger partial charge in [-0.1, -0.05) is 39.0 Å². The van der Waals surface area contributed by atoms with Crippen molar-refractivity contribution in [2.75, 3.05) is 6.54 Å². The molecule has 0 saturated heterocycles. The van der Waals surface area contributed by atoms with E-state index in [0.29, 0.717) is 17.8 Å². The molecule has 6 heteroatoms. The molecule has 2 unspecified atom stereocenters. The van der Waals surface area contributed by atoms with Crippen LogP contribution in [0.2, 0.25) is 0 Å². The lowest BCUT2D eigenvalue weighted by Crippen LogP contribution is -2.38. The fourth-order valence-electron chi connectivity index (χ4n) is 2.25. The van der Waals surface area contributed by atoms with E-state index in [4.69, 9.17) is 0 Å². The van der Waals surface area contributed by atoms with E-state index in [1.165, 1.54) is 0 Å². The molecule has 5 nitrogen and oxygen atoms in total. The summed E-state index contributed by atoms with van der Waals surface area (Å²) in [4.78, 5) is 11.6. The lowest BCUT2D eigenvalue weighted by Gasteiger charge is -2.25. The Morgan fingerprint density at radius 1 is 1.37 bits per heavy atom. The molecule has 2 N–H and O–H groups in total. The van der Waals surface area contributed by atoms with Crippen LogP contribution in [0.25, 0.3) is 0 Å². The number of rotatable bonds is 9. The second-order valence-electron chi connectivity index (χ2n) is 4.57. The van der Waals surface area contributed by atoms with E-state index in [1.807, 2.05) is 6.92 Å². The number of nitrogens with zero attached hydrogens (tertiary/aromatic N) is 2. The third-order valence-corrected chi connectivity index (χ3v) is 4.70. The Morgan fingerprint density at radius 2 is 2.11 bits per heavy atom. The first-order chi connectivity index (χ1) is 9.17. The van der Waals surface area contributed by atoms with Crippen LogP contribution in [0.5, 0.6) is 0 Å². The summed E-state index contributed by atoms with van der Waals surface area (Å²) in [7, 11) is 0. The quantitative estimate of drug-likeness (QED) is 0.683. The van der Waals surface area contributed by atoms with Gasteiger partial charge in [-0.05, 0) is 26.3 Å². The SMILES string of the molecule is CCCC(NCC)C(CC)Sc1n[nH]c(=O)n1CC. The number of aromatic nitrogens is 3. The van der Waals surface area contributed by atoms with E-state index in [0.717, 1.165) is 31.0 Å². The van der Waals surface area contributed by atoms with Gasteiger partial charge in [0.25, 0.3) is 0 Å². The Morgan fingerprint density at radius 3 is 2.63 bits per heavy atom. The molecule has 0 saturated carbocycles. The van der Waals surface area contributed by atoms with Crippen molar-refractivity contribution in [1.82, 2.24) is 20.1 Å². The van der Waals surface area contributed by atoms with Crippen molar-refractivity contribution < 1.29 is 0 Å². The molecule has 1 aromatic heterocycles. The monoisotopic (exact) mass is 286 g/mol. The molecular formula is C13H26N4OS. The maximum Gasteiger partial charge on any atom is 0.343 e. The molecule has 0 bridgehead atoms. The highest BCUT2D eigenvalue weighted by Gasteiger charge is 2.22. The van der Waals surface area contributed by atoms with Crippen molar-refractivity contribution in [3.63, 3.8) is 0 Å². The van der Waals surface area contributed by atoms with Crippen LogP contribution in [0.15, 0.2) is 9.95 Å². The van der Waals surface area contributed by atoms with Crippen LogP contribution in [0, 0.1) is 0 Å². The molecule has 1 rings (SSSR count). The minimum absolute atomic E-state index is 0.115. The molecule has 1 heterocycles. The lowest BCUT2D eigenvalue weighted by molar-refractivity contribution is 0.464. The van der Waals surface area contributed by atoms with E-state index in [9.17, 15) is 4.79 Å². The summed E-state index contributed by atoms with van der Waals surface area (Å²) >= 11 is 1.71. The van der Waals surface area contributed by atoms with Gasteiger partial charge in [-0.2, -0.15) is 0 Å². The molecule has 0 amide bonds. The van der Waals surface area contributed by atoms with Crippen LogP contribution in [0.3, 0.4) is 0 Å². The zero-order chi connectivity index (χ0) is 14.3. The molecule has 0 aromatic carbocycles. The summed E-state index contributed by atoms with van der Waals surface area (Å²) in [6.07, 6.45) is 3.38. The van der Waals surface area contributed by atoms with Gasteiger partial charge in [-0.25, -0.2) is 9.89 Å². The standard InChI is InChI=1S/C13H26N4OS/c1-5-9-10(14-7-3)11(6-2)19-13-16-15-12(18)17(13)8-4/h10-11,14H,5-9H2,1-4H3,(H,15,18). The second-order valence-corrected chi connectivity index (χ2v) is 5.78. The average Bonchev–Trinajstić information content (AvgIpc) is 2.76. The Kier molecular flexibility index (Phi) is 7.23. The predicted octanol–water partition coefficient (Wildman–Crippen LogP) is 2.24. The fourth-order valence-corrected chi connectivity index (χ4v) is 3.52. The number of thioether (sulfide) groups is 1. The molecule has 1 aromatic rings. The highest BCUT2D eigenvalue weighted by atomic mass is 32.2. The number of aromatic amines is 1. The maximum absolute atomic E-state index is 11.6. The first-order valence-corrected chi connectivity index (χ1v) is 8.10. The van der Waals surface area contributed by atoms with E-state index >= 15 is 0 Å². The molecule has 0 radical (unpaired) electrons. The van der Waals surface area contributed by atoms with Crippen LogP contribution in [0.1, 0.15) is 47.0 Å². The lowest BCUT2D eigenvalue weighted by atomic mass is 10.1. The van der Waals surface area contributed by atoms with Crippen molar-refractivity contribution in [3.05, 3.63) is 10.5 Å². The molecule has 0 aliphatic rings. The van der Waals surface area contributed by atoms with Gasteiger partial charge >= 0.3 is 5.69 Å². The normalized spacial score (nSPS) is 14.5. The smallest absolute Gasteiger partial charge is 0.313 e. The summed E-state index contributed by atoms with van der Waals surface area (Å²) in [5.74, 6) is 0. The summed E-state index contributed by atoms with van der Waals surface area (Å²) < 4.78 is 1.70. The maximum atomic E-state index is 11.6. The molecule has 19 heavy (non-hydrogen) atoms. The predicted molar refractivity (Wildman–Crippen MR) is 80.8 cm³/mol. The van der Waals surface area contributed by atoms with Gasteiger partial charge in [-0.15, -0.1) is 5.10 Å². The molecule has 0 aliphatic heterocycles. The van der Waals surface area contributed by atoms with Gasteiger partial charge in [0.05, 0.1) is 0 Å². The van der Waals surface area contributed by atoms with Gasteiger partial charge < -0.3 is 5.32 Å². The largest absolute Gasteiger partial charge is 0.343 e. The van der Waals surface area contributed by atoms with E-state index in [2.05, 4.69) is 36.3 Å². The first-order valence-electron chi connectivity index (χ1n) is 7.23. The van der Waals surface area contributed by atoms with Crippen molar-refractivity contribution >= 4 is 11.8 Å². The molecule has 110 valence electrons. The minimum atomic E-state index is -0.115. The minimum Gasteiger partial charge on any atom is -0.313 e. The summed E-state index contributed by atoms with van der Waals surface area (Å²) in [6, 6.07) is 0.474. The highest BCUT2D eigenvalue weighted by Crippen LogP contribution is 2.27. The third kappa shape index (κ3) is 4.38. The molecule has 0 spiro atoms. The number of hydrogen-bond donors (Lipinski definition) is 2. The number of nitrogens with one attached hydrogen (secondary N) is 2. The number of H-pyrrole nitrogens is 1. The van der Waals surface area contributed by atoms with Crippen LogP contribution >= 0.6 is 11.8 Å². The van der Waals surface area contributed by atoms with Crippen molar-refractivity contribution in [2.45, 2.75) is 70.0 Å². The van der Waals surface area contributed by atoms with E-state index in [1.54, 1.807) is 16.3 Å². The van der Waals surface area contributed by atoms with Crippen LogP contribution in [-0.2, 0) is 6.54 Å². The topological polar surface area (TPSA) is 62.7 Å². The van der Waals surface area contributed by atoms with Gasteiger partial charge in [0, 0.05) is 17.8 Å².